The Morgan fingerprint density at radius 3 is 2.08 bits per heavy atom. The molecule has 1 fully saturated rings. The van der Waals surface area contributed by atoms with Gasteiger partial charge in [0.15, 0.2) is 0 Å². The van der Waals surface area contributed by atoms with Gasteiger partial charge in [0, 0.05) is 32.9 Å². The van der Waals surface area contributed by atoms with Crippen LogP contribution in [0.2, 0.25) is 0 Å². The molecule has 37 heavy (non-hydrogen) atoms. The Bertz CT molecular complexity index is 1440. The second-order valence-corrected chi connectivity index (χ2v) is 13.0. The summed E-state index contributed by atoms with van der Waals surface area (Å²) in [4.78, 5) is 12.9. The largest absolute Gasteiger partial charge is 0.457 e. The lowest BCUT2D eigenvalue weighted by Gasteiger charge is -2.31. The van der Waals surface area contributed by atoms with Crippen molar-refractivity contribution >= 4 is 31.6 Å². The first-order valence-electron chi connectivity index (χ1n) is 11.7. The van der Waals surface area contributed by atoms with Gasteiger partial charge in [-0.2, -0.15) is 4.31 Å². The first-order chi connectivity index (χ1) is 17.6. The Morgan fingerprint density at radius 1 is 0.865 bits per heavy atom. The van der Waals surface area contributed by atoms with Crippen LogP contribution in [0.4, 0.5) is 5.69 Å². The Hall–Kier alpha value is -3.25. The van der Waals surface area contributed by atoms with Crippen LogP contribution in [0.15, 0.2) is 88.7 Å². The van der Waals surface area contributed by atoms with Crippen molar-refractivity contribution in [3.05, 3.63) is 78.9 Å². The molecule has 1 heterocycles. The number of piperidine rings is 1. The molecule has 0 unspecified atom stereocenters. The fourth-order valence-corrected chi connectivity index (χ4v) is 6.42. The molecule has 1 saturated heterocycles. The highest BCUT2D eigenvalue weighted by Gasteiger charge is 2.33. The molecule has 9 nitrogen and oxygen atoms in total. The third-order valence-electron chi connectivity index (χ3n) is 6.10. The number of nitrogens with zero attached hydrogens (tertiary/aromatic N) is 2. The van der Waals surface area contributed by atoms with Crippen LogP contribution in [0, 0.1) is 5.92 Å². The van der Waals surface area contributed by atoms with Crippen LogP contribution in [-0.2, 0) is 24.8 Å². The van der Waals surface area contributed by atoms with E-state index < -0.39 is 26.0 Å². The molecule has 196 valence electrons. The summed E-state index contributed by atoms with van der Waals surface area (Å²) in [5.74, 6) is 0.557. The zero-order chi connectivity index (χ0) is 26.6. The molecule has 4 rings (SSSR count). The first kappa shape index (κ1) is 26.8. The Labute approximate surface area is 217 Å². The van der Waals surface area contributed by atoms with E-state index >= 15 is 0 Å². The van der Waals surface area contributed by atoms with E-state index in [0.29, 0.717) is 30.0 Å². The summed E-state index contributed by atoms with van der Waals surface area (Å²) in [6, 6.07) is 21.4. The van der Waals surface area contributed by atoms with Crippen molar-refractivity contribution in [2.75, 3.05) is 32.5 Å². The number of rotatable bonds is 8. The number of amides is 1. The molecule has 3 aromatic carbocycles. The Morgan fingerprint density at radius 2 is 1.46 bits per heavy atom. The van der Waals surface area contributed by atoms with E-state index in [1.807, 2.05) is 30.3 Å². The molecule has 0 aromatic heterocycles. The van der Waals surface area contributed by atoms with Crippen molar-refractivity contribution in [2.24, 2.45) is 5.92 Å². The third kappa shape index (κ3) is 6.19. The molecule has 1 aliphatic heterocycles. The van der Waals surface area contributed by atoms with Gasteiger partial charge in [-0.05, 0) is 73.5 Å². The molecule has 0 radical (unpaired) electrons. The fourth-order valence-electron chi connectivity index (χ4n) is 3.99. The van der Waals surface area contributed by atoms with Crippen LogP contribution in [0.1, 0.15) is 12.8 Å². The van der Waals surface area contributed by atoms with Gasteiger partial charge in [-0.1, -0.05) is 18.2 Å². The van der Waals surface area contributed by atoms with E-state index in [0.717, 1.165) is 4.31 Å². The minimum Gasteiger partial charge on any atom is -0.457 e. The van der Waals surface area contributed by atoms with E-state index in [-0.39, 0.29) is 28.8 Å². The van der Waals surface area contributed by atoms with E-state index in [2.05, 4.69) is 5.32 Å². The number of ether oxygens (including phenoxy) is 1. The zero-order valence-corrected chi connectivity index (χ0v) is 22.2. The van der Waals surface area contributed by atoms with E-state index in [4.69, 9.17) is 4.74 Å². The summed E-state index contributed by atoms with van der Waals surface area (Å²) in [5, 5.41) is 2.86. The van der Waals surface area contributed by atoms with Crippen LogP contribution in [0.3, 0.4) is 0 Å². The van der Waals surface area contributed by atoms with Crippen LogP contribution in [0.5, 0.6) is 11.5 Å². The highest BCUT2D eigenvalue weighted by atomic mass is 32.2. The van der Waals surface area contributed by atoms with Gasteiger partial charge in [-0.15, -0.1) is 0 Å². The van der Waals surface area contributed by atoms with Gasteiger partial charge >= 0.3 is 0 Å². The Balaban J connectivity index is 1.40. The highest BCUT2D eigenvalue weighted by Crippen LogP contribution is 2.27. The van der Waals surface area contributed by atoms with Gasteiger partial charge in [0.1, 0.15) is 11.5 Å². The molecule has 1 N–H and O–H groups in total. The van der Waals surface area contributed by atoms with Crippen LogP contribution < -0.4 is 10.1 Å². The summed E-state index contributed by atoms with van der Waals surface area (Å²) < 4.78 is 59.1. The van der Waals surface area contributed by atoms with Gasteiger partial charge in [-0.3, -0.25) is 4.79 Å². The molecule has 0 aliphatic carbocycles. The van der Waals surface area contributed by atoms with Crippen molar-refractivity contribution in [1.82, 2.24) is 8.61 Å². The average Bonchev–Trinajstić information content (AvgIpc) is 2.90. The molecule has 1 amide bonds. The molecule has 11 heteroatoms. The molecule has 3 aromatic rings. The molecule has 1 aliphatic rings. The number of benzene rings is 3. The zero-order valence-electron chi connectivity index (χ0n) is 20.6. The highest BCUT2D eigenvalue weighted by molar-refractivity contribution is 7.89. The minimum absolute atomic E-state index is 0.00698. The summed E-state index contributed by atoms with van der Waals surface area (Å²) in [5.41, 5.74) is 0.586. The van der Waals surface area contributed by atoms with E-state index in [9.17, 15) is 21.6 Å². The lowest BCUT2D eigenvalue weighted by atomic mass is 9.99. The van der Waals surface area contributed by atoms with Crippen molar-refractivity contribution in [2.45, 2.75) is 22.6 Å². The standard InChI is InChI=1S/C26H29N3O6S2/c1-28(2)36(31,32)24-14-16-25(17-15-24)37(33,34)29-18-6-7-20(19-29)26(30)27-21-10-12-23(13-11-21)35-22-8-4-3-5-9-22/h3-5,8-17,20H,6-7,18-19H2,1-2H3,(H,27,30)/t20-/m1/s1. The van der Waals surface area contributed by atoms with Gasteiger partial charge in [0.2, 0.25) is 26.0 Å². The lowest BCUT2D eigenvalue weighted by molar-refractivity contribution is -0.120. The van der Waals surface area contributed by atoms with Gasteiger partial charge in [0.25, 0.3) is 0 Å². The van der Waals surface area contributed by atoms with E-state index in [1.165, 1.54) is 42.7 Å². The number of nitrogens with one attached hydrogen (secondary N) is 1. The second kappa shape index (κ2) is 11.0. The predicted molar refractivity (Wildman–Crippen MR) is 140 cm³/mol. The van der Waals surface area contributed by atoms with Gasteiger partial charge in [0.05, 0.1) is 15.7 Å². The van der Waals surface area contributed by atoms with E-state index in [1.54, 1.807) is 24.3 Å². The van der Waals surface area contributed by atoms with Gasteiger partial charge in [-0.25, -0.2) is 21.1 Å². The number of carbonyl (C=O) groups is 1. The first-order valence-corrected chi connectivity index (χ1v) is 14.6. The van der Waals surface area contributed by atoms with Gasteiger partial charge < -0.3 is 10.1 Å². The number of anilines is 1. The van der Waals surface area contributed by atoms with Crippen molar-refractivity contribution in [3.8, 4) is 11.5 Å². The maximum absolute atomic E-state index is 13.2. The topological polar surface area (TPSA) is 113 Å². The lowest BCUT2D eigenvalue weighted by Crippen LogP contribution is -2.43. The molecule has 0 spiro atoms. The SMILES string of the molecule is CN(C)S(=O)(=O)c1ccc(S(=O)(=O)N2CCC[C@@H](C(=O)Nc3ccc(Oc4ccccc4)cc3)C2)cc1. The van der Waals surface area contributed by atoms with Crippen molar-refractivity contribution in [3.63, 3.8) is 0 Å². The molecular weight excluding hydrogens is 514 g/mol. The monoisotopic (exact) mass is 543 g/mol. The number of hydrogen-bond donors (Lipinski definition) is 1. The molecule has 1 atom stereocenters. The van der Waals surface area contributed by atoms with Crippen LogP contribution >= 0.6 is 0 Å². The number of carbonyl (C=O) groups excluding carboxylic acids is 1. The normalized spacial score (nSPS) is 16.9. The maximum Gasteiger partial charge on any atom is 0.243 e. The third-order valence-corrected chi connectivity index (χ3v) is 9.80. The fraction of sp³-hybridized carbons (Fsp3) is 0.269. The summed E-state index contributed by atoms with van der Waals surface area (Å²) in [6.45, 7) is 0.330. The van der Waals surface area contributed by atoms with Crippen molar-refractivity contribution in [1.29, 1.82) is 0 Å². The second-order valence-electron chi connectivity index (χ2n) is 8.89. The molecular formula is C26H29N3O6S2. The number of sulfonamides is 2. The quantitative estimate of drug-likeness (QED) is 0.463. The van der Waals surface area contributed by atoms with Crippen molar-refractivity contribution < 1.29 is 26.4 Å². The number of para-hydroxylation sites is 1. The van der Waals surface area contributed by atoms with Crippen LogP contribution in [-0.4, -0.2) is 58.5 Å². The predicted octanol–water partition coefficient (Wildman–Crippen LogP) is 3.77. The maximum atomic E-state index is 13.2. The molecule has 0 saturated carbocycles. The molecule has 0 bridgehead atoms. The Kier molecular flexibility index (Phi) is 7.98. The average molecular weight is 544 g/mol. The number of hydrogen-bond acceptors (Lipinski definition) is 6. The summed E-state index contributed by atoms with van der Waals surface area (Å²) in [7, 11) is -4.74. The summed E-state index contributed by atoms with van der Waals surface area (Å²) >= 11 is 0. The summed E-state index contributed by atoms with van der Waals surface area (Å²) in [6.07, 6.45) is 1.10. The smallest absolute Gasteiger partial charge is 0.243 e. The van der Waals surface area contributed by atoms with Crippen LogP contribution in [0.25, 0.3) is 0 Å². The minimum atomic E-state index is -3.89.